The molecule has 24 heavy (non-hydrogen) atoms. The van der Waals surface area contributed by atoms with Crippen molar-refractivity contribution in [1.82, 2.24) is 20.1 Å². The Morgan fingerprint density at radius 2 is 2.29 bits per heavy atom. The summed E-state index contributed by atoms with van der Waals surface area (Å²) in [5, 5.41) is 17.8. The van der Waals surface area contributed by atoms with Gasteiger partial charge in [0.05, 0.1) is 12.5 Å². The standard InChI is InChI=1S/C17H21ClN4O2/c1-22-15(20-17(21-22)12-5-6-12)9-16(24)19-10-14(23)8-11-3-2-4-13(18)7-11/h2-4,7,12,14,23H,5-6,8-10H2,1H3,(H,19,24). The molecule has 1 atom stereocenters. The van der Waals surface area contributed by atoms with E-state index in [2.05, 4.69) is 15.4 Å². The largest absolute Gasteiger partial charge is 0.391 e. The highest BCUT2D eigenvalue weighted by atomic mass is 35.5. The number of rotatable bonds is 7. The lowest BCUT2D eigenvalue weighted by molar-refractivity contribution is -0.121. The third-order valence-corrected chi connectivity index (χ3v) is 4.26. The van der Waals surface area contributed by atoms with Crippen molar-refractivity contribution < 1.29 is 9.90 Å². The van der Waals surface area contributed by atoms with Gasteiger partial charge in [0.2, 0.25) is 5.91 Å². The Kier molecular flexibility index (Phi) is 5.16. The highest BCUT2D eigenvalue weighted by molar-refractivity contribution is 6.30. The zero-order valence-corrected chi connectivity index (χ0v) is 14.3. The topological polar surface area (TPSA) is 80.0 Å². The van der Waals surface area contributed by atoms with Crippen LogP contribution in [0, 0.1) is 0 Å². The average molecular weight is 349 g/mol. The highest BCUT2D eigenvalue weighted by Gasteiger charge is 2.28. The normalized spacial score (nSPS) is 15.3. The molecule has 1 amide bonds. The first-order chi connectivity index (χ1) is 11.5. The Morgan fingerprint density at radius 1 is 1.50 bits per heavy atom. The number of halogens is 1. The second-order valence-corrected chi connectivity index (χ2v) is 6.69. The number of hydrogen-bond donors (Lipinski definition) is 2. The van der Waals surface area contributed by atoms with Crippen LogP contribution in [0.2, 0.25) is 5.02 Å². The number of benzene rings is 1. The van der Waals surface area contributed by atoms with Crippen LogP contribution in [0.25, 0.3) is 0 Å². The molecule has 1 aromatic carbocycles. The monoisotopic (exact) mass is 348 g/mol. The number of aryl methyl sites for hydroxylation is 1. The minimum atomic E-state index is -0.658. The summed E-state index contributed by atoms with van der Waals surface area (Å²) in [6.45, 7) is 0.193. The smallest absolute Gasteiger partial charge is 0.227 e. The Bertz CT molecular complexity index is 727. The van der Waals surface area contributed by atoms with Gasteiger partial charge in [0.1, 0.15) is 5.82 Å². The van der Waals surface area contributed by atoms with Gasteiger partial charge in [-0.1, -0.05) is 23.7 Å². The molecular weight excluding hydrogens is 328 g/mol. The molecule has 2 N–H and O–H groups in total. The summed E-state index contributed by atoms with van der Waals surface area (Å²) in [6.07, 6.45) is 2.21. The zero-order chi connectivity index (χ0) is 17.1. The molecule has 6 nitrogen and oxygen atoms in total. The van der Waals surface area contributed by atoms with Crippen LogP contribution in [0.4, 0.5) is 0 Å². The fourth-order valence-electron chi connectivity index (χ4n) is 2.55. The van der Waals surface area contributed by atoms with E-state index in [1.807, 2.05) is 18.2 Å². The molecule has 0 spiro atoms. The Labute approximate surface area is 145 Å². The first kappa shape index (κ1) is 16.9. The molecule has 1 aromatic heterocycles. The minimum Gasteiger partial charge on any atom is -0.391 e. The number of nitrogens with zero attached hydrogens (tertiary/aromatic N) is 3. The van der Waals surface area contributed by atoms with Crippen LogP contribution < -0.4 is 5.32 Å². The first-order valence-electron chi connectivity index (χ1n) is 8.10. The van der Waals surface area contributed by atoms with Gasteiger partial charge < -0.3 is 10.4 Å². The van der Waals surface area contributed by atoms with Gasteiger partial charge in [-0.05, 0) is 30.5 Å². The fraction of sp³-hybridized carbons (Fsp3) is 0.471. The van der Waals surface area contributed by atoms with E-state index in [0.29, 0.717) is 23.2 Å². The molecule has 3 rings (SSSR count). The van der Waals surface area contributed by atoms with E-state index in [0.717, 1.165) is 24.2 Å². The van der Waals surface area contributed by atoms with Gasteiger partial charge in [-0.25, -0.2) is 4.98 Å². The molecule has 0 saturated heterocycles. The fourth-order valence-corrected chi connectivity index (χ4v) is 2.77. The SMILES string of the molecule is Cn1nc(C2CC2)nc1CC(=O)NCC(O)Cc1cccc(Cl)c1. The van der Waals surface area contributed by atoms with Crippen LogP contribution in [0.15, 0.2) is 24.3 Å². The van der Waals surface area contributed by atoms with Gasteiger partial charge >= 0.3 is 0 Å². The summed E-state index contributed by atoms with van der Waals surface area (Å²) in [7, 11) is 1.80. The van der Waals surface area contributed by atoms with Crippen molar-refractivity contribution >= 4 is 17.5 Å². The zero-order valence-electron chi connectivity index (χ0n) is 13.6. The van der Waals surface area contributed by atoms with Crippen molar-refractivity contribution in [3.63, 3.8) is 0 Å². The molecule has 128 valence electrons. The summed E-state index contributed by atoms with van der Waals surface area (Å²) in [4.78, 5) is 16.5. The maximum absolute atomic E-state index is 12.0. The molecule has 2 aromatic rings. The minimum absolute atomic E-state index is 0.167. The molecule has 7 heteroatoms. The lowest BCUT2D eigenvalue weighted by Crippen LogP contribution is -2.34. The summed E-state index contributed by atoms with van der Waals surface area (Å²) in [6, 6.07) is 7.34. The molecule has 1 unspecified atom stereocenters. The van der Waals surface area contributed by atoms with Crippen LogP contribution >= 0.6 is 11.6 Å². The van der Waals surface area contributed by atoms with Crippen LogP contribution in [-0.2, 0) is 24.7 Å². The quantitative estimate of drug-likeness (QED) is 0.796. The molecule has 0 radical (unpaired) electrons. The number of nitrogens with one attached hydrogen (secondary N) is 1. The molecule has 0 aliphatic heterocycles. The van der Waals surface area contributed by atoms with Gasteiger partial charge in [0.15, 0.2) is 5.82 Å². The number of carbonyl (C=O) groups excluding carboxylic acids is 1. The summed E-state index contributed by atoms with van der Waals surface area (Å²) in [5.41, 5.74) is 0.937. The van der Waals surface area contributed by atoms with E-state index < -0.39 is 6.10 Å². The predicted octanol–water partition coefficient (Wildman–Crippen LogP) is 1.61. The average Bonchev–Trinajstić information content (AvgIpc) is 3.31. The van der Waals surface area contributed by atoms with Crippen molar-refractivity contribution in [3.8, 4) is 0 Å². The van der Waals surface area contributed by atoms with Crippen molar-refractivity contribution in [1.29, 1.82) is 0 Å². The van der Waals surface area contributed by atoms with Crippen molar-refractivity contribution in [2.24, 2.45) is 7.05 Å². The molecule has 1 aliphatic rings. The summed E-state index contributed by atoms with van der Waals surface area (Å²) >= 11 is 5.92. The molecule has 0 bridgehead atoms. The van der Waals surface area contributed by atoms with Gasteiger partial charge in [-0.2, -0.15) is 5.10 Å². The van der Waals surface area contributed by atoms with E-state index in [4.69, 9.17) is 11.6 Å². The molecule has 1 saturated carbocycles. The molecule has 1 fully saturated rings. The summed E-state index contributed by atoms with van der Waals surface area (Å²) < 4.78 is 1.66. The third kappa shape index (κ3) is 4.55. The van der Waals surface area contributed by atoms with E-state index in [-0.39, 0.29) is 18.9 Å². The van der Waals surface area contributed by atoms with Gasteiger partial charge in [0, 0.05) is 31.0 Å². The first-order valence-corrected chi connectivity index (χ1v) is 8.48. The molecule has 1 heterocycles. The number of amides is 1. The van der Waals surface area contributed by atoms with E-state index in [9.17, 15) is 9.90 Å². The van der Waals surface area contributed by atoms with Crippen molar-refractivity contribution in [3.05, 3.63) is 46.5 Å². The molecule has 1 aliphatic carbocycles. The van der Waals surface area contributed by atoms with Crippen LogP contribution in [-0.4, -0.2) is 38.4 Å². The number of aliphatic hydroxyl groups is 1. The Morgan fingerprint density at radius 3 is 3.00 bits per heavy atom. The number of aromatic nitrogens is 3. The number of hydrogen-bond acceptors (Lipinski definition) is 4. The van der Waals surface area contributed by atoms with Crippen molar-refractivity contribution in [2.75, 3.05) is 6.54 Å². The van der Waals surface area contributed by atoms with Crippen LogP contribution in [0.1, 0.15) is 36.0 Å². The van der Waals surface area contributed by atoms with Crippen molar-refractivity contribution in [2.45, 2.75) is 37.7 Å². The maximum Gasteiger partial charge on any atom is 0.227 e. The summed E-state index contributed by atoms with van der Waals surface area (Å²) in [5.74, 6) is 1.78. The Hall–Kier alpha value is -1.92. The number of carbonyl (C=O) groups is 1. The van der Waals surface area contributed by atoms with E-state index in [1.165, 1.54) is 0 Å². The number of aliphatic hydroxyl groups excluding tert-OH is 1. The van der Waals surface area contributed by atoms with Gasteiger partial charge in [0.25, 0.3) is 0 Å². The Balaban J connectivity index is 1.46. The highest BCUT2D eigenvalue weighted by Crippen LogP contribution is 2.37. The lowest BCUT2D eigenvalue weighted by atomic mass is 10.1. The molecular formula is C17H21ClN4O2. The van der Waals surface area contributed by atoms with E-state index >= 15 is 0 Å². The van der Waals surface area contributed by atoms with Gasteiger partial charge in [-0.3, -0.25) is 9.48 Å². The lowest BCUT2D eigenvalue weighted by Gasteiger charge is -2.12. The van der Waals surface area contributed by atoms with Crippen LogP contribution in [0.3, 0.4) is 0 Å². The second-order valence-electron chi connectivity index (χ2n) is 6.25. The third-order valence-electron chi connectivity index (χ3n) is 4.03. The van der Waals surface area contributed by atoms with Gasteiger partial charge in [-0.15, -0.1) is 0 Å². The predicted molar refractivity (Wildman–Crippen MR) is 90.9 cm³/mol. The maximum atomic E-state index is 12.0. The van der Waals surface area contributed by atoms with E-state index in [1.54, 1.807) is 17.8 Å². The van der Waals surface area contributed by atoms with Crippen LogP contribution in [0.5, 0.6) is 0 Å². The second kappa shape index (κ2) is 7.32.